The summed E-state index contributed by atoms with van der Waals surface area (Å²) in [6.07, 6.45) is 0. The predicted molar refractivity (Wildman–Crippen MR) is 118 cm³/mol. The molecule has 0 aliphatic heterocycles. The molecule has 0 fully saturated rings. The van der Waals surface area contributed by atoms with E-state index in [1.807, 2.05) is 30.3 Å². The first kappa shape index (κ1) is 20.5. The SMILES string of the molecule is CC(=NNC(N)=S)c1ccc(S(=O)(=O)Nc2cc(C)nn2-c2ccccc2)cc1. The van der Waals surface area contributed by atoms with E-state index in [0.29, 0.717) is 17.2 Å². The number of hydrogen-bond acceptors (Lipinski definition) is 5. The van der Waals surface area contributed by atoms with Gasteiger partial charge in [-0.05, 0) is 55.9 Å². The Morgan fingerprint density at radius 3 is 2.41 bits per heavy atom. The number of hydrazone groups is 1. The van der Waals surface area contributed by atoms with Crippen molar-refractivity contribution in [1.29, 1.82) is 0 Å². The summed E-state index contributed by atoms with van der Waals surface area (Å²) in [6.45, 7) is 3.56. The maximum atomic E-state index is 12.9. The molecule has 3 aromatic rings. The lowest BCUT2D eigenvalue weighted by molar-refractivity contribution is 0.600. The second-order valence-corrected chi connectivity index (χ2v) is 8.34. The molecule has 150 valence electrons. The molecule has 1 heterocycles. The molecule has 1 aromatic heterocycles. The van der Waals surface area contributed by atoms with Crippen LogP contribution in [0.15, 0.2) is 70.7 Å². The Morgan fingerprint density at radius 1 is 1.14 bits per heavy atom. The van der Waals surface area contributed by atoms with Gasteiger partial charge in [-0.2, -0.15) is 10.2 Å². The highest BCUT2D eigenvalue weighted by molar-refractivity contribution is 7.92. The van der Waals surface area contributed by atoms with Gasteiger partial charge in [0.1, 0.15) is 5.82 Å². The van der Waals surface area contributed by atoms with Crippen LogP contribution in [0.2, 0.25) is 0 Å². The van der Waals surface area contributed by atoms with Crippen molar-refractivity contribution in [2.45, 2.75) is 18.7 Å². The van der Waals surface area contributed by atoms with Gasteiger partial charge < -0.3 is 5.73 Å². The fourth-order valence-corrected chi connectivity index (χ4v) is 3.69. The molecule has 0 spiro atoms. The van der Waals surface area contributed by atoms with Crippen molar-refractivity contribution in [1.82, 2.24) is 15.2 Å². The summed E-state index contributed by atoms with van der Waals surface area (Å²) in [5.41, 5.74) is 10.7. The average molecular weight is 429 g/mol. The van der Waals surface area contributed by atoms with E-state index < -0.39 is 10.0 Å². The number of nitrogens with zero attached hydrogens (tertiary/aromatic N) is 3. The number of thiocarbonyl (C=S) groups is 1. The summed E-state index contributed by atoms with van der Waals surface area (Å²) in [7, 11) is -3.81. The molecule has 0 radical (unpaired) electrons. The molecule has 4 N–H and O–H groups in total. The molecule has 0 aliphatic rings. The third-order valence-corrected chi connectivity index (χ3v) is 5.45. The summed E-state index contributed by atoms with van der Waals surface area (Å²) < 4.78 is 29.9. The van der Waals surface area contributed by atoms with Crippen LogP contribution in [0.4, 0.5) is 5.82 Å². The van der Waals surface area contributed by atoms with E-state index in [1.165, 1.54) is 12.1 Å². The number of hydrogen-bond donors (Lipinski definition) is 3. The standard InChI is InChI=1S/C19H20N6O2S2/c1-13-12-18(25(23-13)16-6-4-3-5-7-16)24-29(26,27)17-10-8-15(9-11-17)14(2)21-22-19(20)28/h3-12,24H,1-2H3,(H3,20,22,28). The average Bonchev–Trinajstić information content (AvgIpc) is 3.06. The lowest BCUT2D eigenvalue weighted by atomic mass is 10.1. The topological polar surface area (TPSA) is 114 Å². The molecule has 0 saturated heterocycles. The number of nitrogens with one attached hydrogen (secondary N) is 2. The van der Waals surface area contributed by atoms with Crippen LogP contribution in [-0.4, -0.2) is 29.0 Å². The van der Waals surface area contributed by atoms with Crippen molar-refractivity contribution in [3.8, 4) is 5.69 Å². The minimum absolute atomic E-state index is 0.0538. The van der Waals surface area contributed by atoms with E-state index in [9.17, 15) is 8.42 Å². The van der Waals surface area contributed by atoms with Gasteiger partial charge in [0.05, 0.1) is 22.0 Å². The van der Waals surface area contributed by atoms with E-state index in [0.717, 1.165) is 11.3 Å². The molecule has 10 heteroatoms. The Hall–Kier alpha value is -3.24. The maximum Gasteiger partial charge on any atom is 0.263 e. The molecular formula is C19H20N6O2S2. The fourth-order valence-electron chi connectivity index (χ4n) is 2.61. The smallest absolute Gasteiger partial charge is 0.263 e. The van der Waals surface area contributed by atoms with Gasteiger partial charge in [-0.25, -0.2) is 13.1 Å². The minimum Gasteiger partial charge on any atom is -0.375 e. The molecule has 0 saturated carbocycles. The van der Waals surface area contributed by atoms with Crippen LogP contribution in [-0.2, 0) is 10.0 Å². The summed E-state index contributed by atoms with van der Waals surface area (Å²) in [5, 5.41) is 8.46. The normalized spacial score (nSPS) is 11.9. The van der Waals surface area contributed by atoms with E-state index in [4.69, 9.17) is 18.0 Å². The number of aromatic nitrogens is 2. The van der Waals surface area contributed by atoms with Crippen molar-refractivity contribution in [3.63, 3.8) is 0 Å². The van der Waals surface area contributed by atoms with E-state index in [-0.39, 0.29) is 10.0 Å². The molecule has 0 unspecified atom stereocenters. The first-order valence-corrected chi connectivity index (χ1v) is 10.5. The highest BCUT2D eigenvalue weighted by atomic mass is 32.2. The molecule has 0 atom stereocenters. The third-order valence-electron chi connectivity index (χ3n) is 3.99. The lowest BCUT2D eigenvalue weighted by Crippen LogP contribution is -2.25. The number of rotatable bonds is 6. The zero-order valence-electron chi connectivity index (χ0n) is 15.8. The summed E-state index contributed by atoms with van der Waals surface area (Å²) >= 11 is 4.71. The number of sulfonamides is 1. The molecule has 8 nitrogen and oxygen atoms in total. The van der Waals surface area contributed by atoms with Gasteiger partial charge >= 0.3 is 0 Å². The largest absolute Gasteiger partial charge is 0.375 e. The van der Waals surface area contributed by atoms with E-state index in [1.54, 1.807) is 36.7 Å². The summed E-state index contributed by atoms with van der Waals surface area (Å²) in [6, 6.07) is 17.3. The predicted octanol–water partition coefficient (Wildman–Crippen LogP) is 2.54. The van der Waals surface area contributed by atoms with Crippen molar-refractivity contribution in [2.75, 3.05) is 4.72 Å². The van der Waals surface area contributed by atoms with Gasteiger partial charge in [0, 0.05) is 6.07 Å². The number of benzene rings is 2. The van der Waals surface area contributed by atoms with Gasteiger partial charge in [-0.15, -0.1) is 0 Å². The zero-order valence-corrected chi connectivity index (χ0v) is 17.5. The van der Waals surface area contributed by atoms with Crippen LogP contribution in [0.3, 0.4) is 0 Å². The Morgan fingerprint density at radius 2 is 1.79 bits per heavy atom. The summed E-state index contributed by atoms with van der Waals surface area (Å²) in [5.74, 6) is 0.358. The van der Waals surface area contributed by atoms with Crippen LogP contribution in [0.25, 0.3) is 5.69 Å². The van der Waals surface area contributed by atoms with Gasteiger partial charge in [0.2, 0.25) is 0 Å². The second-order valence-electron chi connectivity index (χ2n) is 6.22. The Kier molecular flexibility index (Phi) is 5.95. The molecule has 0 bridgehead atoms. The first-order chi connectivity index (χ1) is 13.8. The van der Waals surface area contributed by atoms with Crippen molar-refractivity contribution < 1.29 is 8.42 Å². The lowest BCUT2D eigenvalue weighted by Gasteiger charge is -2.11. The molecule has 0 amide bonds. The van der Waals surface area contributed by atoms with Gasteiger partial charge in [-0.3, -0.25) is 10.1 Å². The number of para-hydroxylation sites is 1. The molecule has 0 aliphatic carbocycles. The molecule has 2 aromatic carbocycles. The Balaban J connectivity index is 1.86. The highest BCUT2D eigenvalue weighted by Gasteiger charge is 2.18. The Bertz CT molecular complexity index is 1150. The highest BCUT2D eigenvalue weighted by Crippen LogP contribution is 2.21. The van der Waals surface area contributed by atoms with Gasteiger partial charge in [0.25, 0.3) is 10.0 Å². The molecule has 29 heavy (non-hydrogen) atoms. The summed E-state index contributed by atoms with van der Waals surface area (Å²) in [4.78, 5) is 0.120. The second kappa shape index (κ2) is 8.41. The first-order valence-electron chi connectivity index (χ1n) is 8.61. The number of anilines is 1. The van der Waals surface area contributed by atoms with Gasteiger partial charge in [0.15, 0.2) is 5.11 Å². The quantitative estimate of drug-likeness (QED) is 0.316. The fraction of sp³-hybridized carbons (Fsp3) is 0.105. The molecule has 3 rings (SSSR count). The Labute approximate surface area is 174 Å². The van der Waals surface area contributed by atoms with Gasteiger partial charge in [-0.1, -0.05) is 30.3 Å². The van der Waals surface area contributed by atoms with Crippen molar-refractivity contribution in [2.24, 2.45) is 10.8 Å². The van der Waals surface area contributed by atoms with Crippen molar-refractivity contribution >= 4 is 38.9 Å². The maximum absolute atomic E-state index is 12.9. The number of aryl methyl sites for hydroxylation is 1. The minimum atomic E-state index is -3.81. The van der Waals surface area contributed by atoms with E-state index in [2.05, 4.69) is 20.3 Å². The zero-order chi connectivity index (χ0) is 21.0. The van der Waals surface area contributed by atoms with Crippen LogP contribution in [0.5, 0.6) is 0 Å². The van der Waals surface area contributed by atoms with Crippen LogP contribution in [0.1, 0.15) is 18.2 Å². The van der Waals surface area contributed by atoms with Crippen LogP contribution >= 0.6 is 12.2 Å². The van der Waals surface area contributed by atoms with E-state index >= 15 is 0 Å². The molecular weight excluding hydrogens is 408 g/mol. The number of nitrogens with two attached hydrogens (primary N) is 1. The van der Waals surface area contributed by atoms with Crippen molar-refractivity contribution in [3.05, 3.63) is 71.9 Å². The van der Waals surface area contributed by atoms with Crippen LogP contribution < -0.4 is 15.9 Å². The van der Waals surface area contributed by atoms with Crippen LogP contribution in [0, 0.1) is 6.92 Å². The third kappa shape index (κ3) is 4.98. The monoisotopic (exact) mass is 428 g/mol.